The summed E-state index contributed by atoms with van der Waals surface area (Å²) < 4.78 is 2.22. The van der Waals surface area contributed by atoms with Crippen molar-refractivity contribution >= 4 is 22.6 Å². The number of carbonyl (C=O) groups is 1. The van der Waals surface area contributed by atoms with Crippen molar-refractivity contribution in [3.8, 4) is 0 Å². The number of hydrogen-bond donors (Lipinski definition) is 1. The van der Waals surface area contributed by atoms with Gasteiger partial charge in [0.25, 0.3) is 0 Å². The molecule has 1 aliphatic heterocycles. The number of aliphatic hydroxyl groups is 1. The van der Waals surface area contributed by atoms with Crippen molar-refractivity contribution in [2.45, 2.75) is 25.7 Å². The lowest BCUT2D eigenvalue weighted by Gasteiger charge is -2.32. The Morgan fingerprint density at radius 3 is 2.61 bits per heavy atom. The van der Waals surface area contributed by atoms with Gasteiger partial charge in [0.05, 0.1) is 5.56 Å². The van der Waals surface area contributed by atoms with Gasteiger partial charge in [0.1, 0.15) is 6.61 Å². The van der Waals surface area contributed by atoms with E-state index in [1.165, 1.54) is 35.3 Å². The standard InChI is InChI=1S/C22H26N4O2/c1-25-14-17(19-4-2-3-5-20(19)25)7-6-16-8-10-26(11-9-16)22-23-12-18(13-24-22)21(28)15-27/h2-5,12-14,16,27H,6-11,15H2,1H3. The highest BCUT2D eigenvalue weighted by Crippen LogP contribution is 2.27. The lowest BCUT2D eigenvalue weighted by molar-refractivity contribution is 0.0903. The first-order valence-corrected chi connectivity index (χ1v) is 9.89. The van der Waals surface area contributed by atoms with Gasteiger partial charge < -0.3 is 14.6 Å². The zero-order chi connectivity index (χ0) is 19.5. The largest absolute Gasteiger partial charge is 0.388 e. The van der Waals surface area contributed by atoms with E-state index in [1.807, 2.05) is 0 Å². The first-order valence-electron chi connectivity index (χ1n) is 9.89. The summed E-state index contributed by atoms with van der Waals surface area (Å²) in [5, 5.41) is 10.3. The predicted molar refractivity (Wildman–Crippen MR) is 110 cm³/mol. The maximum absolute atomic E-state index is 11.5. The molecule has 0 unspecified atom stereocenters. The third-order valence-corrected chi connectivity index (χ3v) is 5.80. The van der Waals surface area contributed by atoms with Gasteiger partial charge in [-0.25, -0.2) is 9.97 Å². The summed E-state index contributed by atoms with van der Waals surface area (Å²) in [6, 6.07) is 8.60. The number of rotatable bonds is 6. The topological polar surface area (TPSA) is 71.2 Å². The molecule has 1 N–H and O–H groups in total. The Morgan fingerprint density at radius 1 is 1.18 bits per heavy atom. The number of Topliss-reactive ketones (excluding diaryl/α,β-unsaturated/α-hetero) is 1. The van der Waals surface area contributed by atoms with Gasteiger partial charge in [-0.15, -0.1) is 0 Å². The molecule has 3 heterocycles. The van der Waals surface area contributed by atoms with Crippen molar-refractivity contribution in [1.82, 2.24) is 14.5 Å². The zero-order valence-corrected chi connectivity index (χ0v) is 16.2. The minimum atomic E-state index is -0.509. The van der Waals surface area contributed by atoms with Crippen molar-refractivity contribution in [3.05, 3.63) is 54.0 Å². The Balaban J connectivity index is 1.32. The Kier molecular flexibility index (Phi) is 5.39. The number of ketones is 1. The van der Waals surface area contributed by atoms with Gasteiger partial charge in [0, 0.05) is 49.6 Å². The molecule has 2 aromatic heterocycles. The molecule has 0 amide bonds. The molecule has 3 aromatic rings. The van der Waals surface area contributed by atoms with Crippen molar-refractivity contribution in [3.63, 3.8) is 0 Å². The molecule has 0 radical (unpaired) electrons. The molecule has 1 aliphatic rings. The molecule has 0 saturated carbocycles. The van der Waals surface area contributed by atoms with Crippen LogP contribution in [0.3, 0.4) is 0 Å². The average molecular weight is 378 g/mol. The van der Waals surface area contributed by atoms with Crippen LogP contribution in [0.2, 0.25) is 0 Å². The van der Waals surface area contributed by atoms with Crippen LogP contribution in [-0.2, 0) is 13.5 Å². The first-order chi connectivity index (χ1) is 13.7. The van der Waals surface area contributed by atoms with Crippen LogP contribution < -0.4 is 4.90 Å². The van der Waals surface area contributed by atoms with Gasteiger partial charge in [-0.1, -0.05) is 18.2 Å². The highest BCUT2D eigenvalue weighted by molar-refractivity contribution is 5.96. The molecule has 1 fully saturated rings. The van der Waals surface area contributed by atoms with E-state index in [1.54, 1.807) is 0 Å². The Bertz CT molecular complexity index is 956. The monoisotopic (exact) mass is 378 g/mol. The number of para-hydroxylation sites is 1. The molecule has 4 rings (SSSR count). The summed E-state index contributed by atoms with van der Waals surface area (Å²) in [7, 11) is 2.11. The summed E-state index contributed by atoms with van der Waals surface area (Å²) in [6.45, 7) is 1.37. The Hall–Kier alpha value is -2.73. The third kappa shape index (κ3) is 3.78. The quantitative estimate of drug-likeness (QED) is 0.668. The number of aromatic nitrogens is 3. The fourth-order valence-electron chi connectivity index (χ4n) is 4.13. The Labute approximate surface area is 164 Å². The van der Waals surface area contributed by atoms with Crippen LogP contribution in [0.4, 0.5) is 5.95 Å². The van der Waals surface area contributed by atoms with Gasteiger partial charge in [0.2, 0.25) is 5.95 Å². The van der Waals surface area contributed by atoms with Gasteiger partial charge in [-0.3, -0.25) is 4.79 Å². The highest BCUT2D eigenvalue weighted by atomic mass is 16.3. The number of piperidine rings is 1. The van der Waals surface area contributed by atoms with Crippen LogP contribution in [0.1, 0.15) is 35.2 Å². The highest BCUT2D eigenvalue weighted by Gasteiger charge is 2.21. The zero-order valence-electron chi connectivity index (χ0n) is 16.2. The molecular formula is C22H26N4O2. The fraction of sp³-hybridized carbons (Fsp3) is 0.409. The molecular weight excluding hydrogens is 352 g/mol. The fourth-order valence-corrected chi connectivity index (χ4v) is 4.13. The van der Waals surface area contributed by atoms with Crippen molar-refractivity contribution in [2.24, 2.45) is 13.0 Å². The van der Waals surface area contributed by atoms with E-state index < -0.39 is 6.61 Å². The molecule has 0 spiro atoms. The van der Waals surface area contributed by atoms with E-state index in [0.717, 1.165) is 32.4 Å². The van der Waals surface area contributed by atoms with Crippen molar-refractivity contribution in [1.29, 1.82) is 0 Å². The maximum atomic E-state index is 11.5. The van der Waals surface area contributed by atoms with E-state index in [4.69, 9.17) is 5.11 Å². The van der Waals surface area contributed by atoms with Crippen LogP contribution in [0.25, 0.3) is 10.9 Å². The molecule has 0 atom stereocenters. The number of aliphatic hydroxyl groups excluding tert-OH is 1. The average Bonchev–Trinajstić information content (AvgIpc) is 3.08. The molecule has 0 bridgehead atoms. The second-order valence-electron chi connectivity index (χ2n) is 7.60. The van der Waals surface area contributed by atoms with Gasteiger partial charge in [-0.05, 0) is 43.2 Å². The normalized spacial score (nSPS) is 15.3. The summed E-state index contributed by atoms with van der Waals surface area (Å²) in [5.74, 6) is 1.03. The van der Waals surface area contributed by atoms with Gasteiger partial charge >= 0.3 is 0 Å². The summed E-state index contributed by atoms with van der Waals surface area (Å²) in [4.78, 5) is 22.3. The number of hydrogen-bond acceptors (Lipinski definition) is 5. The van der Waals surface area contributed by atoms with Crippen LogP contribution in [0.5, 0.6) is 0 Å². The van der Waals surface area contributed by atoms with E-state index >= 15 is 0 Å². The lowest BCUT2D eigenvalue weighted by atomic mass is 9.90. The van der Waals surface area contributed by atoms with Crippen molar-refractivity contribution < 1.29 is 9.90 Å². The van der Waals surface area contributed by atoms with E-state index in [2.05, 4.69) is 56.9 Å². The second kappa shape index (κ2) is 8.10. The van der Waals surface area contributed by atoms with Crippen LogP contribution in [0.15, 0.2) is 42.9 Å². The SMILES string of the molecule is Cn1cc(CCC2CCN(c3ncc(C(=O)CO)cn3)CC2)c2ccccc21. The number of benzene rings is 1. The maximum Gasteiger partial charge on any atom is 0.225 e. The smallest absolute Gasteiger partial charge is 0.225 e. The molecule has 1 saturated heterocycles. The molecule has 28 heavy (non-hydrogen) atoms. The van der Waals surface area contributed by atoms with E-state index in [-0.39, 0.29) is 5.78 Å². The van der Waals surface area contributed by atoms with Crippen LogP contribution >= 0.6 is 0 Å². The Morgan fingerprint density at radius 2 is 1.89 bits per heavy atom. The predicted octanol–water partition coefficient (Wildman–Crippen LogP) is 2.99. The first kappa shape index (κ1) is 18.6. The molecule has 6 heteroatoms. The number of fused-ring (bicyclic) bond motifs is 1. The van der Waals surface area contributed by atoms with Crippen LogP contribution in [0, 0.1) is 5.92 Å². The molecule has 6 nitrogen and oxygen atoms in total. The van der Waals surface area contributed by atoms with Gasteiger partial charge in [-0.2, -0.15) is 0 Å². The molecule has 0 aliphatic carbocycles. The summed E-state index contributed by atoms with van der Waals surface area (Å²) in [5.41, 5.74) is 3.09. The molecule has 1 aromatic carbocycles. The lowest BCUT2D eigenvalue weighted by Crippen LogP contribution is -2.35. The minimum Gasteiger partial charge on any atom is -0.388 e. The number of nitrogens with zero attached hydrogens (tertiary/aromatic N) is 4. The number of carbonyl (C=O) groups excluding carboxylic acids is 1. The second-order valence-corrected chi connectivity index (χ2v) is 7.60. The van der Waals surface area contributed by atoms with Crippen molar-refractivity contribution in [2.75, 3.05) is 24.6 Å². The van der Waals surface area contributed by atoms with Gasteiger partial charge in [0.15, 0.2) is 5.78 Å². The third-order valence-electron chi connectivity index (χ3n) is 5.80. The van der Waals surface area contributed by atoms with E-state index in [0.29, 0.717) is 17.4 Å². The van der Waals surface area contributed by atoms with Crippen LogP contribution in [-0.4, -0.2) is 45.1 Å². The molecule has 146 valence electrons. The number of aryl methyl sites for hydroxylation is 2. The summed E-state index contributed by atoms with van der Waals surface area (Å²) in [6.07, 6.45) is 9.86. The van der Waals surface area contributed by atoms with E-state index in [9.17, 15) is 4.79 Å². The summed E-state index contributed by atoms with van der Waals surface area (Å²) >= 11 is 0. The minimum absolute atomic E-state index is 0.348. The number of anilines is 1.